The topological polar surface area (TPSA) is 43.9 Å². The van der Waals surface area contributed by atoms with Gasteiger partial charge in [-0.05, 0) is 43.9 Å². The fourth-order valence-corrected chi connectivity index (χ4v) is 3.89. The maximum absolute atomic E-state index is 14.3. The lowest BCUT2D eigenvalue weighted by Crippen LogP contribution is -2.56. The zero-order valence-electron chi connectivity index (χ0n) is 16.8. The molecule has 150 valence electrons. The molecule has 2 atom stereocenters. The summed E-state index contributed by atoms with van der Waals surface area (Å²) in [6.45, 7) is 3.20. The summed E-state index contributed by atoms with van der Waals surface area (Å²) < 4.78 is 14.3. The predicted octanol–water partition coefficient (Wildman–Crippen LogP) is 2.61. The van der Waals surface area contributed by atoms with Crippen LogP contribution in [0, 0.1) is 30.0 Å². The van der Waals surface area contributed by atoms with E-state index in [-0.39, 0.29) is 29.3 Å². The molecule has 1 heterocycles. The van der Waals surface area contributed by atoms with E-state index in [0.29, 0.717) is 32.0 Å². The number of hydrogen-bond donors (Lipinski definition) is 0. The minimum absolute atomic E-state index is 0.0704. The first-order chi connectivity index (χ1) is 13.3. The second kappa shape index (κ2) is 8.22. The molecule has 5 nitrogen and oxygen atoms in total. The summed E-state index contributed by atoms with van der Waals surface area (Å²) in [5, 5.41) is 0. The van der Waals surface area contributed by atoms with Crippen LogP contribution in [0.15, 0.2) is 18.2 Å². The Labute approximate surface area is 166 Å². The van der Waals surface area contributed by atoms with Gasteiger partial charge in [0.2, 0.25) is 5.91 Å². The molecule has 28 heavy (non-hydrogen) atoms. The molecular weight excluding hydrogens is 357 g/mol. The number of carbonyl (C=O) groups excluding carboxylic acids is 2. The highest BCUT2D eigenvalue weighted by atomic mass is 19.1. The monoisotopic (exact) mass is 385 g/mol. The molecule has 2 fully saturated rings. The first-order valence-electron chi connectivity index (χ1n) is 9.83. The van der Waals surface area contributed by atoms with Crippen molar-refractivity contribution in [1.29, 1.82) is 0 Å². The van der Waals surface area contributed by atoms with Gasteiger partial charge in [-0.2, -0.15) is 0 Å². The van der Waals surface area contributed by atoms with Crippen molar-refractivity contribution in [2.45, 2.75) is 32.2 Å². The lowest BCUT2D eigenvalue weighted by Gasteiger charge is -2.41. The molecule has 2 amide bonds. The number of anilines is 1. The molecule has 3 rings (SSSR count). The number of amides is 2. The van der Waals surface area contributed by atoms with Gasteiger partial charge in [0.05, 0.1) is 11.5 Å². The van der Waals surface area contributed by atoms with E-state index in [2.05, 4.69) is 5.92 Å². The van der Waals surface area contributed by atoms with Crippen LogP contribution in [0.2, 0.25) is 0 Å². The standard InChI is InChI=1S/C22H28FN3O2/c1-5-6-18(16-7-8-16)21(27)25-11-12-26(15(2)14-25)22(28)19-13-17(24(3)4)9-10-20(19)23/h1,9-10,13,15-16,18H,6-8,11-12,14H2,2-4H3/t15-,18?/m1/s1. The average Bonchev–Trinajstić information content (AvgIpc) is 3.50. The maximum atomic E-state index is 14.3. The Morgan fingerprint density at radius 2 is 2.04 bits per heavy atom. The van der Waals surface area contributed by atoms with Crippen molar-refractivity contribution >= 4 is 17.5 Å². The predicted molar refractivity (Wildman–Crippen MR) is 107 cm³/mol. The van der Waals surface area contributed by atoms with Gasteiger partial charge in [0.25, 0.3) is 5.91 Å². The number of rotatable bonds is 5. The Morgan fingerprint density at radius 3 is 2.61 bits per heavy atom. The van der Waals surface area contributed by atoms with Crippen molar-refractivity contribution in [3.8, 4) is 12.3 Å². The Hall–Kier alpha value is -2.55. The van der Waals surface area contributed by atoms with E-state index < -0.39 is 5.82 Å². The highest BCUT2D eigenvalue weighted by Crippen LogP contribution is 2.39. The number of halogens is 1. The summed E-state index contributed by atoms with van der Waals surface area (Å²) in [6.07, 6.45) is 8.05. The zero-order chi connectivity index (χ0) is 20.4. The highest BCUT2D eigenvalue weighted by molar-refractivity contribution is 5.96. The van der Waals surface area contributed by atoms with Crippen LogP contribution in [0.25, 0.3) is 0 Å². The molecular formula is C22H28FN3O2. The molecule has 1 saturated carbocycles. The molecule has 1 aromatic rings. The van der Waals surface area contributed by atoms with E-state index in [1.165, 1.54) is 6.07 Å². The van der Waals surface area contributed by atoms with Gasteiger partial charge in [-0.15, -0.1) is 12.3 Å². The number of piperazine rings is 1. The van der Waals surface area contributed by atoms with Crippen LogP contribution in [0.3, 0.4) is 0 Å². The van der Waals surface area contributed by atoms with Gasteiger partial charge in [-0.25, -0.2) is 4.39 Å². The van der Waals surface area contributed by atoms with Crippen LogP contribution in [0.5, 0.6) is 0 Å². The van der Waals surface area contributed by atoms with Crippen LogP contribution in [-0.2, 0) is 4.79 Å². The summed E-state index contributed by atoms with van der Waals surface area (Å²) in [5.74, 6) is 2.18. The smallest absolute Gasteiger partial charge is 0.257 e. The van der Waals surface area contributed by atoms with Crippen LogP contribution >= 0.6 is 0 Å². The summed E-state index contributed by atoms with van der Waals surface area (Å²) in [4.78, 5) is 31.2. The van der Waals surface area contributed by atoms with E-state index in [1.807, 2.05) is 30.8 Å². The van der Waals surface area contributed by atoms with Gasteiger partial charge in [-0.3, -0.25) is 9.59 Å². The van der Waals surface area contributed by atoms with Gasteiger partial charge in [0.15, 0.2) is 0 Å². The molecule has 1 aliphatic heterocycles. The average molecular weight is 385 g/mol. The van der Waals surface area contributed by atoms with Crippen LogP contribution in [0.4, 0.5) is 10.1 Å². The lowest BCUT2D eigenvalue weighted by atomic mass is 9.97. The Bertz CT molecular complexity index is 797. The van der Waals surface area contributed by atoms with E-state index in [1.54, 1.807) is 17.0 Å². The van der Waals surface area contributed by atoms with Gasteiger partial charge in [0, 0.05) is 51.9 Å². The summed E-state index contributed by atoms with van der Waals surface area (Å²) >= 11 is 0. The van der Waals surface area contributed by atoms with Crippen molar-refractivity contribution in [3.05, 3.63) is 29.6 Å². The maximum Gasteiger partial charge on any atom is 0.257 e. The Kier molecular flexibility index (Phi) is 5.93. The Morgan fingerprint density at radius 1 is 1.32 bits per heavy atom. The molecule has 1 saturated heterocycles. The third kappa shape index (κ3) is 4.14. The molecule has 0 spiro atoms. The molecule has 2 aliphatic rings. The first-order valence-corrected chi connectivity index (χ1v) is 9.83. The zero-order valence-corrected chi connectivity index (χ0v) is 16.8. The largest absolute Gasteiger partial charge is 0.378 e. The molecule has 0 radical (unpaired) electrons. The van der Waals surface area contributed by atoms with Crippen molar-refractivity contribution in [2.75, 3.05) is 38.6 Å². The molecule has 1 aromatic carbocycles. The van der Waals surface area contributed by atoms with Crippen LogP contribution < -0.4 is 4.90 Å². The molecule has 6 heteroatoms. The minimum atomic E-state index is -0.524. The Balaban J connectivity index is 1.70. The van der Waals surface area contributed by atoms with Crippen molar-refractivity contribution in [3.63, 3.8) is 0 Å². The summed E-state index contributed by atoms with van der Waals surface area (Å²) in [5.41, 5.74) is 0.841. The quantitative estimate of drug-likeness (QED) is 0.732. The van der Waals surface area contributed by atoms with E-state index in [4.69, 9.17) is 6.42 Å². The van der Waals surface area contributed by atoms with Crippen LogP contribution in [-0.4, -0.2) is 61.4 Å². The van der Waals surface area contributed by atoms with Crippen molar-refractivity contribution < 1.29 is 14.0 Å². The number of terminal acetylenes is 1. The third-order valence-electron chi connectivity index (χ3n) is 5.74. The SMILES string of the molecule is C#CCC(C(=O)N1CCN(C(=O)c2cc(N(C)C)ccc2F)[C@H](C)C1)C1CC1. The fourth-order valence-electron chi connectivity index (χ4n) is 3.89. The summed E-state index contributed by atoms with van der Waals surface area (Å²) in [6, 6.07) is 4.37. The number of nitrogens with zero attached hydrogens (tertiary/aromatic N) is 3. The fraction of sp³-hybridized carbons (Fsp3) is 0.545. The minimum Gasteiger partial charge on any atom is -0.378 e. The van der Waals surface area contributed by atoms with Crippen molar-refractivity contribution in [1.82, 2.24) is 9.80 Å². The molecule has 0 bridgehead atoms. The molecule has 0 N–H and O–H groups in total. The van der Waals surface area contributed by atoms with Gasteiger partial charge in [-0.1, -0.05) is 0 Å². The second-order valence-corrected chi connectivity index (χ2v) is 8.04. The number of hydrogen-bond acceptors (Lipinski definition) is 3. The third-order valence-corrected chi connectivity index (χ3v) is 5.74. The highest BCUT2D eigenvalue weighted by Gasteiger charge is 2.40. The first kappa shape index (κ1) is 20.2. The molecule has 1 aliphatic carbocycles. The molecule has 1 unspecified atom stereocenters. The van der Waals surface area contributed by atoms with Gasteiger partial charge >= 0.3 is 0 Å². The lowest BCUT2D eigenvalue weighted by molar-refractivity contribution is -0.138. The van der Waals surface area contributed by atoms with Crippen molar-refractivity contribution in [2.24, 2.45) is 11.8 Å². The summed E-state index contributed by atoms with van der Waals surface area (Å²) in [7, 11) is 3.70. The van der Waals surface area contributed by atoms with Crippen LogP contribution in [0.1, 0.15) is 36.5 Å². The second-order valence-electron chi connectivity index (χ2n) is 8.04. The van der Waals surface area contributed by atoms with Gasteiger partial charge < -0.3 is 14.7 Å². The van der Waals surface area contributed by atoms with E-state index in [0.717, 1.165) is 18.5 Å². The number of benzene rings is 1. The van der Waals surface area contributed by atoms with E-state index in [9.17, 15) is 14.0 Å². The van der Waals surface area contributed by atoms with E-state index >= 15 is 0 Å². The van der Waals surface area contributed by atoms with Gasteiger partial charge in [0.1, 0.15) is 5.82 Å². The molecule has 0 aromatic heterocycles. The normalized spacial score (nSPS) is 20.5. The number of carbonyl (C=O) groups is 2.